The number of carbonyl (C=O) groups excluding carboxylic acids is 5. The quantitative estimate of drug-likeness (QED) is 0.0316. The highest BCUT2D eigenvalue weighted by atomic mass is 16.7. The van der Waals surface area contributed by atoms with E-state index in [1.54, 1.807) is 7.05 Å². The summed E-state index contributed by atoms with van der Waals surface area (Å²) in [6.45, 7) is -0.724. The van der Waals surface area contributed by atoms with E-state index in [1.165, 1.54) is 7.11 Å². The molecule has 0 aromatic rings. The van der Waals surface area contributed by atoms with Gasteiger partial charge in [0.25, 0.3) is 11.8 Å². The second kappa shape index (κ2) is 19.4. The Morgan fingerprint density at radius 2 is 1.75 bits per heavy atom. The molecule has 3 heterocycles. The largest absolute Gasteiger partial charge is 0.396 e. The van der Waals surface area contributed by atoms with Crippen LogP contribution in [0, 0.1) is 53.3 Å². The summed E-state index contributed by atoms with van der Waals surface area (Å²) in [5.41, 5.74) is 9.87. The van der Waals surface area contributed by atoms with Gasteiger partial charge in [0, 0.05) is 75.3 Å². The fourth-order valence-corrected chi connectivity index (χ4v) is 11.3. The van der Waals surface area contributed by atoms with E-state index < -0.39 is 121 Å². The molecule has 5 fully saturated rings. The van der Waals surface area contributed by atoms with Crippen molar-refractivity contribution in [2.45, 2.75) is 99.6 Å². The number of nitrogens with two attached hydrogens (primary N) is 3. The molecule has 2 saturated heterocycles. The lowest BCUT2D eigenvalue weighted by Gasteiger charge is -2.55. The van der Waals surface area contributed by atoms with Crippen LogP contribution in [0.3, 0.4) is 0 Å². The zero-order valence-corrected chi connectivity index (χ0v) is 34.2. The summed E-state index contributed by atoms with van der Waals surface area (Å²) < 4.78 is 18.2. The van der Waals surface area contributed by atoms with Crippen LogP contribution in [0.25, 0.3) is 0 Å². The first-order valence-corrected chi connectivity index (χ1v) is 21.1. The van der Waals surface area contributed by atoms with Crippen LogP contribution in [0.15, 0.2) is 12.2 Å². The SMILES string of the molecule is C[NH+]=C(N)NCC1C(CCC=O)CC2C(=O)C3C(CO)C(OC)CC(O[C@H]4O[C@H](CO)[C@](O)(C[C@H](CN5C(=O)C=CC5=O)C5CC[NH2+]C(N)C5)[C@H](O)[C@H]4O)C3C(=O)C2C1O. The number of carbonyl (C=O) groups is 5. The number of hydrogen-bond donors (Lipinski definition) is 11. The molecule has 18 atom stereocenters. The van der Waals surface area contributed by atoms with Crippen molar-refractivity contribution in [3.63, 3.8) is 0 Å². The molecular formula is C40H64N6O14+2. The van der Waals surface area contributed by atoms with E-state index in [2.05, 4.69) is 10.3 Å². The monoisotopic (exact) mass is 852 g/mol. The number of ketones is 2. The molecule has 20 heteroatoms. The van der Waals surface area contributed by atoms with Crippen molar-refractivity contribution in [1.29, 1.82) is 0 Å². The maximum atomic E-state index is 14.8. The van der Waals surface area contributed by atoms with E-state index in [4.69, 9.17) is 25.7 Å². The number of methoxy groups -OCH3 is 1. The minimum Gasteiger partial charge on any atom is -0.396 e. The highest BCUT2D eigenvalue weighted by Crippen LogP contribution is 2.53. The minimum absolute atomic E-state index is 0.0698. The molecule has 12 unspecified atom stereocenters. The molecule has 60 heavy (non-hydrogen) atoms. The number of nitrogens with zero attached hydrogens (tertiary/aromatic N) is 1. The van der Waals surface area contributed by atoms with E-state index in [0.717, 1.165) is 23.3 Å². The van der Waals surface area contributed by atoms with Gasteiger partial charge in [-0.1, -0.05) is 0 Å². The van der Waals surface area contributed by atoms with Crippen molar-refractivity contribution < 1.29 is 79.1 Å². The number of fused-ring (bicyclic) bond motifs is 2. The maximum Gasteiger partial charge on any atom is 0.340 e. The number of aliphatic hydroxyl groups is 6. The molecule has 3 aliphatic heterocycles. The first kappa shape index (κ1) is 46.2. The Morgan fingerprint density at radius 3 is 2.37 bits per heavy atom. The number of quaternary nitrogens is 1. The Labute approximate surface area is 348 Å². The van der Waals surface area contributed by atoms with Gasteiger partial charge in [0.15, 0.2) is 6.29 Å². The molecule has 14 N–H and O–H groups in total. The Morgan fingerprint density at radius 1 is 1.03 bits per heavy atom. The third-order valence-corrected chi connectivity index (χ3v) is 14.5. The van der Waals surface area contributed by atoms with Gasteiger partial charge in [-0.3, -0.25) is 45.9 Å². The lowest BCUT2D eigenvalue weighted by atomic mass is 9.51. The lowest BCUT2D eigenvalue weighted by molar-refractivity contribution is -0.699. The molecule has 6 aliphatic rings. The van der Waals surface area contributed by atoms with Crippen LogP contribution in [0.2, 0.25) is 0 Å². The number of nitrogens with one attached hydrogen (secondary N) is 2. The second-order valence-electron chi connectivity index (χ2n) is 17.6. The molecule has 0 aromatic carbocycles. The molecule has 0 radical (unpaired) electrons. The van der Waals surface area contributed by atoms with Crippen LogP contribution in [-0.2, 0) is 38.2 Å². The number of imide groups is 1. The first-order valence-electron chi connectivity index (χ1n) is 21.1. The molecule has 3 saturated carbocycles. The van der Waals surface area contributed by atoms with Crippen molar-refractivity contribution >= 4 is 35.6 Å². The van der Waals surface area contributed by atoms with Crippen LogP contribution >= 0.6 is 0 Å². The van der Waals surface area contributed by atoms with E-state index >= 15 is 0 Å². The topological polar surface area (TPSA) is 332 Å². The number of piperidine rings is 1. The summed E-state index contributed by atoms with van der Waals surface area (Å²) in [4.78, 5) is 70.0. The zero-order chi connectivity index (χ0) is 43.6. The van der Waals surface area contributed by atoms with Gasteiger partial charge >= 0.3 is 5.96 Å². The third-order valence-electron chi connectivity index (χ3n) is 14.5. The lowest BCUT2D eigenvalue weighted by Crippen LogP contribution is -2.94. The average Bonchev–Trinajstić information content (AvgIpc) is 3.55. The summed E-state index contributed by atoms with van der Waals surface area (Å²) >= 11 is 0. The van der Waals surface area contributed by atoms with Crippen LogP contribution < -0.4 is 27.1 Å². The van der Waals surface area contributed by atoms with Gasteiger partial charge in [0.2, 0.25) is 0 Å². The van der Waals surface area contributed by atoms with E-state index in [0.29, 0.717) is 25.8 Å². The van der Waals surface area contributed by atoms with Crippen LogP contribution in [0.1, 0.15) is 44.9 Å². The van der Waals surface area contributed by atoms with Crippen LogP contribution in [0.4, 0.5) is 0 Å². The number of rotatable bonds is 15. The van der Waals surface area contributed by atoms with Crippen LogP contribution in [0.5, 0.6) is 0 Å². The highest BCUT2D eigenvalue weighted by Gasteiger charge is 2.64. The number of hydrogen-bond acceptors (Lipinski definition) is 15. The molecular weight excluding hydrogens is 788 g/mol. The predicted molar refractivity (Wildman–Crippen MR) is 206 cm³/mol. The molecule has 0 spiro atoms. The second-order valence-corrected chi connectivity index (χ2v) is 17.6. The van der Waals surface area contributed by atoms with Gasteiger partial charge in [-0.15, -0.1) is 0 Å². The highest BCUT2D eigenvalue weighted by molar-refractivity contribution is 6.12. The maximum absolute atomic E-state index is 14.8. The van der Waals surface area contributed by atoms with E-state index in [9.17, 15) is 54.6 Å². The van der Waals surface area contributed by atoms with Crippen molar-refractivity contribution in [3.8, 4) is 0 Å². The van der Waals surface area contributed by atoms with Gasteiger partial charge in [-0.05, 0) is 43.4 Å². The average molecular weight is 853 g/mol. The Hall–Kier alpha value is -3.28. The summed E-state index contributed by atoms with van der Waals surface area (Å²) in [7, 11) is 2.99. The van der Waals surface area contributed by atoms with Gasteiger partial charge in [-0.25, -0.2) is 0 Å². The Bertz CT molecular complexity index is 1630. The summed E-state index contributed by atoms with van der Waals surface area (Å²) in [6.07, 6.45) is -6.53. The van der Waals surface area contributed by atoms with Crippen molar-refractivity contribution in [3.05, 3.63) is 12.2 Å². The fraction of sp³-hybridized carbons (Fsp3) is 0.800. The van der Waals surface area contributed by atoms with Crippen molar-refractivity contribution in [2.75, 3.05) is 47.0 Å². The summed E-state index contributed by atoms with van der Waals surface area (Å²) in [5, 5.41) is 73.8. The van der Waals surface area contributed by atoms with Gasteiger partial charge < -0.3 is 55.0 Å². The molecule has 6 rings (SSSR count). The molecule has 3 aliphatic carbocycles. The zero-order valence-electron chi connectivity index (χ0n) is 34.2. The number of ether oxygens (including phenoxy) is 3. The number of Topliss-reactive ketones (excluding diaryl/α,β-unsaturated/α-hetero) is 2. The van der Waals surface area contributed by atoms with Crippen LogP contribution in [-0.4, -0.2) is 173 Å². The summed E-state index contributed by atoms with van der Waals surface area (Å²) in [5.74, 6) is -8.82. The molecule has 336 valence electrons. The minimum atomic E-state index is -2.33. The van der Waals surface area contributed by atoms with Crippen molar-refractivity contribution in [1.82, 2.24) is 10.2 Å². The Balaban J connectivity index is 1.27. The molecule has 0 aromatic heterocycles. The van der Waals surface area contributed by atoms with E-state index in [-0.39, 0.29) is 68.5 Å². The standard InChI is InChI=1S/C40H62N6O14/c1-43-39(42)45-14-22-19(4-3-9-47)10-21-31(34(22)53)35(54)32-25(12-24(58-2)23(16-48)30(32)33(21)52)59-38-36(55)37(56)40(57,26(17-49)60-38)13-20(18-7-8-44-27(41)11-18)15-46-28(50)5-6-29(46)51/h5-6,9,18-27,30-32,34,36-38,44,48-49,53,55-57H,3-4,7-8,10-17,41H2,1-2H3,(H3,42,43,45)/p+2/t18?,19?,20-,21?,22?,23?,24?,25?,26-,27?,30?,31?,32?,34?,36-,37-,38+,40-/m1/s1. The third kappa shape index (κ3) is 8.83. The van der Waals surface area contributed by atoms with Gasteiger partial charge in [0.1, 0.15) is 47.9 Å². The molecule has 0 bridgehead atoms. The van der Waals surface area contributed by atoms with Gasteiger partial charge in [0.05, 0.1) is 56.9 Å². The normalized spacial score (nSPS) is 42.8. The van der Waals surface area contributed by atoms with Crippen molar-refractivity contribution in [2.24, 2.45) is 64.7 Å². The molecule has 2 amide bonds. The number of aldehydes is 1. The Kier molecular flexibility index (Phi) is 15.0. The van der Waals surface area contributed by atoms with E-state index in [1.807, 2.05) is 5.32 Å². The number of guanidine groups is 1. The number of amides is 2. The smallest absolute Gasteiger partial charge is 0.340 e. The number of aliphatic hydroxyl groups excluding tert-OH is 5. The van der Waals surface area contributed by atoms with Gasteiger partial charge in [-0.2, -0.15) is 0 Å². The first-order chi connectivity index (χ1) is 28.6. The summed E-state index contributed by atoms with van der Waals surface area (Å²) in [6, 6.07) is 0. The molecule has 20 nitrogen and oxygen atoms in total. The fourth-order valence-electron chi connectivity index (χ4n) is 11.3. The predicted octanol–water partition coefficient (Wildman–Crippen LogP) is -7.03.